The lowest BCUT2D eigenvalue weighted by Gasteiger charge is -2.44. The third-order valence-electron chi connectivity index (χ3n) is 3.36. The number of ether oxygens (including phenoxy) is 1. The maximum atomic E-state index is 13.6. The number of hydrogen-bond donors (Lipinski definition) is 1. The summed E-state index contributed by atoms with van der Waals surface area (Å²) in [5, 5.41) is 10.5. The first kappa shape index (κ1) is 11.8. The van der Waals surface area contributed by atoms with Crippen molar-refractivity contribution < 1.29 is 14.2 Å². The monoisotopic (exact) mass is 244 g/mol. The third-order valence-corrected chi connectivity index (χ3v) is 3.60. The Labute approximate surface area is 99.0 Å². The van der Waals surface area contributed by atoms with Crippen LogP contribution >= 0.6 is 11.6 Å². The van der Waals surface area contributed by atoms with Crippen molar-refractivity contribution in [3.63, 3.8) is 0 Å². The van der Waals surface area contributed by atoms with Crippen LogP contribution in [0.1, 0.15) is 30.9 Å². The van der Waals surface area contributed by atoms with Gasteiger partial charge in [-0.15, -0.1) is 0 Å². The predicted molar refractivity (Wildman–Crippen MR) is 60.0 cm³/mol. The molecule has 0 aliphatic heterocycles. The van der Waals surface area contributed by atoms with Crippen LogP contribution in [0.3, 0.4) is 0 Å². The zero-order valence-corrected chi connectivity index (χ0v) is 9.80. The highest BCUT2D eigenvalue weighted by Gasteiger charge is 2.45. The van der Waals surface area contributed by atoms with Crippen molar-refractivity contribution in [2.24, 2.45) is 0 Å². The van der Waals surface area contributed by atoms with Crippen molar-refractivity contribution in [2.75, 3.05) is 7.11 Å². The van der Waals surface area contributed by atoms with E-state index in [4.69, 9.17) is 16.3 Å². The van der Waals surface area contributed by atoms with Crippen molar-refractivity contribution in [1.29, 1.82) is 0 Å². The lowest BCUT2D eigenvalue weighted by atomic mass is 9.73. The molecule has 0 heterocycles. The van der Waals surface area contributed by atoms with Crippen LogP contribution in [0.5, 0.6) is 0 Å². The van der Waals surface area contributed by atoms with Crippen LogP contribution < -0.4 is 0 Å². The van der Waals surface area contributed by atoms with Crippen LogP contribution in [0.4, 0.5) is 4.39 Å². The third kappa shape index (κ3) is 1.83. The van der Waals surface area contributed by atoms with Gasteiger partial charge in [-0.25, -0.2) is 4.39 Å². The van der Waals surface area contributed by atoms with Gasteiger partial charge in [0.15, 0.2) is 0 Å². The number of halogens is 2. The molecule has 0 bridgehead atoms. The first-order valence-electron chi connectivity index (χ1n) is 5.27. The summed E-state index contributed by atoms with van der Waals surface area (Å²) >= 11 is 5.66. The Bertz CT molecular complexity index is 385. The van der Waals surface area contributed by atoms with E-state index in [0.717, 1.165) is 19.3 Å². The van der Waals surface area contributed by atoms with E-state index in [1.54, 1.807) is 13.2 Å². The lowest BCUT2D eigenvalue weighted by Crippen LogP contribution is -2.45. The summed E-state index contributed by atoms with van der Waals surface area (Å²) < 4.78 is 19.0. The summed E-state index contributed by atoms with van der Waals surface area (Å²) in [6.07, 6.45) is 1.59. The van der Waals surface area contributed by atoms with Gasteiger partial charge in [0.2, 0.25) is 0 Å². The molecule has 1 atom stereocenters. The fourth-order valence-corrected chi connectivity index (χ4v) is 2.28. The topological polar surface area (TPSA) is 29.5 Å². The van der Waals surface area contributed by atoms with E-state index in [-0.39, 0.29) is 5.56 Å². The predicted octanol–water partition coefficient (Wildman–Crippen LogP) is 3.08. The molecule has 0 amide bonds. The minimum Gasteiger partial charge on any atom is -0.385 e. The molecule has 0 spiro atoms. The minimum absolute atomic E-state index is 0.256. The Morgan fingerprint density at radius 1 is 1.50 bits per heavy atom. The standard InChI is InChI=1S/C12H14ClFO2/c1-16-12(5-2-6-12)11(15)9-4-3-8(13)7-10(9)14/h3-4,7,11,15H,2,5-6H2,1H3. The highest BCUT2D eigenvalue weighted by atomic mass is 35.5. The van der Waals surface area contributed by atoms with Gasteiger partial charge in [-0.05, 0) is 31.4 Å². The normalized spacial score (nSPS) is 20.2. The summed E-state index contributed by atoms with van der Waals surface area (Å²) in [7, 11) is 1.55. The second-order valence-electron chi connectivity index (χ2n) is 4.19. The first-order chi connectivity index (χ1) is 7.59. The van der Waals surface area contributed by atoms with E-state index in [2.05, 4.69) is 0 Å². The van der Waals surface area contributed by atoms with Gasteiger partial charge in [0.25, 0.3) is 0 Å². The second-order valence-corrected chi connectivity index (χ2v) is 4.63. The molecule has 0 aromatic heterocycles. The summed E-state index contributed by atoms with van der Waals surface area (Å²) in [5.74, 6) is -0.483. The van der Waals surface area contributed by atoms with Gasteiger partial charge in [0.05, 0.1) is 5.60 Å². The number of aliphatic hydroxyl groups is 1. The van der Waals surface area contributed by atoms with E-state index < -0.39 is 17.5 Å². The summed E-state index contributed by atoms with van der Waals surface area (Å²) in [6, 6.07) is 4.30. The molecule has 2 nitrogen and oxygen atoms in total. The van der Waals surface area contributed by atoms with Crippen molar-refractivity contribution in [3.05, 3.63) is 34.6 Å². The van der Waals surface area contributed by atoms with Gasteiger partial charge in [-0.1, -0.05) is 17.7 Å². The Hall–Kier alpha value is -0.640. The van der Waals surface area contributed by atoms with E-state index >= 15 is 0 Å². The highest BCUT2D eigenvalue weighted by molar-refractivity contribution is 6.30. The zero-order chi connectivity index (χ0) is 11.8. The van der Waals surface area contributed by atoms with Gasteiger partial charge in [-0.3, -0.25) is 0 Å². The Kier molecular flexibility index (Phi) is 3.19. The molecular formula is C12H14ClFO2. The molecule has 1 unspecified atom stereocenters. The van der Waals surface area contributed by atoms with Crippen LogP contribution in [0.2, 0.25) is 5.02 Å². The highest BCUT2D eigenvalue weighted by Crippen LogP contribution is 2.45. The molecule has 88 valence electrons. The van der Waals surface area contributed by atoms with Crippen molar-refractivity contribution in [3.8, 4) is 0 Å². The molecule has 2 rings (SSSR count). The molecule has 1 saturated carbocycles. The van der Waals surface area contributed by atoms with Crippen molar-refractivity contribution in [1.82, 2.24) is 0 Å². The number of hydrogen-bond acceptors (Lipinski definition) is 2. The zero-order valence-electron chi connectivity index (χ0n) is 9.04. The van der Waals surface area contributed by atoms with E-state index in [1.165, 1.54) is 12.1 Å². The van der Waals surface area contributed by atoms with Crippen LogP contribution in [0, 0.1) is 5.82 Å². The maximum Gasteiger partial charge on any atom is 0.130 e. The van der Waals surface area contributed by atoms with Gasteiger partial charge in [0.1, 0.15) is 11.9 Å². The smallest absolute Gasteiger partial charge is 0.130 e. The van der Waals surface area contributed by atoms with Crippen LogP contribution in [0.25, 0.3) is 0 Å². The number of methoxy groups -OCH3 is 1. The van der Waals surface area contributed by atoms with Crippen LogP contribution in [0.15, 0.2) is 18.2 Å². The molecule has 1 N–H and O–H groups in total. The summed E-state index contributed by atoms with van der Waals surface area (Å²) in [4.78, 5) is 0. The van der Waals surface area contributed by atoms with E-state index in [9.17, 15) is 9.50 Å². The average Bonchev–Trinajstić information content (AvgIpc) is 2.16. The fourth-order valence-electron chi connectivity index (χ4n) is 2.12. The molecule has 16 heavy (non-hydrogen) atoms. The largest absolute Gasteiger partial charge is 0.385 e. The molecule has 1 fully saturated rings. The molecular weight excluding hydrogens is 231 g/mol. The van der Waals surface area contributed by atoms with Gasteiger partial charge < -0.3 is 9.84 Å². The molecule has 1 aliphatic rings. The van der Waals surface area contributed by atoms with Crippen molar-refractivity contribution >= 4 is 11.6 Å². The SMILES string of the molecule is COC1(C(O)c2ccc(Cl)cc2F)CCC1. The Morgan fingerprint density at radius 2 is 2.19 bits per heavy atom. The number of aliphatic hydroxyl groups excluding tert-OH is 1. The van der Waals surface area contributed by atoms with Gasteiger partial charge in [0, 0.05) is 17.7 Å². The molecule has 1 aliphatic carbocycles. The van der Waals surface area contributed by atoms with Crippen molar-refractivity contribution in [2.45, 2.75) is 31.0 Å². The van der Waals surface area contributed by atoms with Crippen LogP contribution in [-0.4, -0.2) is 17.8 Å². The lowest BCUT2D eigenvalue weighted by molar-refractivity contribution is -0.152. The summed E-state index contributed by atoms with van der Waals surface area (Å²) in [5.41, 5.74) is -0.361. The van der Waals surface area contributed by atoms with Gasteiger partial charge in [-0.2, -0.15) is 0 Å². The molecule has 4 heteroatoms. The second kappa shape index (κ2) is 4.32. The molecule has 0 saturated heterocycles. The first-order valence-corrected chi connectivity index (χ1v) is 5.65. The van der Waals surface area contributed by atoms with Crippen LogP contribution in [-0.2, 0) is 4.74 Å². The van der Waals surface area contributed by atoms with Gasteiger partial charge >= 0.3 is 0 Å². The average molecular weight is 245 g/mol. The quantitative estimate of drug-likeness (QED) is 0.886. The molecule has 1 aromatic carbocycles. The Balaban J connectivity index is 2.29. The minimum atomic E-state index is -0.927. The van der Waals surface area contributed by atoms with E-state index in [1.807, 2.05) is 0 Å². The van der Waals surface area contributed by atoms with E-state index in [0.29, 0.717) is 5.02 Å². The Morgan fingerprint density at radius 3 is 2.62 bits per heavy atom. The maximum absolute atomic E-state index is 13.6. The molecule has 1 aromatic rings. The number of benzene rings is 1. The number of rotatable bonds is 3. The fraction of sp³-hybridized carbons (Fsp3) is 0.500. The molecule has 0 radical (unpaired) electrons. The summed E-state index contributed by atoms with van der Waals surface area (Å²) in [6.45, 7) is 0.